The zero-order chi connectivity index (χ0) is 11.3. The number of carboxylic acids is 1. The molecule has 1 aromatic carbocycles. The van der Waals surface area contributed by atoms with E-state index in [9.17, 15) is 4.79 Å². The average Bonchev–Trinajstić information content (AvgIpc) is 2.20. The van der Waals surface area contributed by atoms with Crippen LogP contribution in [-0.2, 0) is 11.2 Å². The van der Waals surface area contributed by atoms with Crippen molar-refractivity contribution in [2.75, 3.05) is 7.11 Å². The number of hydrogen-bond acceptors (Lipinski definition) is 2. The van der Waals surface area contributed by atoms with E-state index in [0.717, 1.165) is 23.3 Å². The minimum Gasteiger partial charge on any atom is -0.496 e. The molecule has 0 heterocycles. The lowest BCUT2D eigenvalue weighted by Crippen LogP contribution is -1.96. The summed E-state index contributed by atoms with van der Waals surface area (Å²) in [6, 6.07) is 5.98. The third-order valence-corrected chi connectivity index (χ3v) is 2.33. The third-order valence-electron chi connectivity index (χ3n) is 2.33. The summed E-state index contributed by atoms with van der Waals surface area (Å²) in [4.78, 5) is 10.3. The van der Waals surface area contributed by atoms with Crippen LogP contribution in [0, 0.1) is 6.92 Å². The summed E-state index contributed by atoms with van der Waals surface area (Å²) in [5, 5.41) is 8.51. The number of benzene rings is 1. The van der Waals surface area contributed by atoms with E-state index in [0.29, 0.717) is 6.42 Å². The lowest BCUT2D eigenvalue weighted by Gasteiger charge is -2.06. The van der Waals surface area contributed by atoms with E-state index in [-0.39, 0.29) is 6.42 Å². The highest BCUT2D eigenvalue weighted by Crippen LogP contribution is 2.19. The monoisotopic (exact) mass is 208 g/mol. The topological polar surface area (TPSA) is 46.5 Å². The molecule has 0 amide bonds. The molecule has 3 nitrogen and oxygen atoms in total. The van der Waals surface area contributed by atoms with E-state index < -0.39 is 5.97 Å². The molecule has 1 aromatic rings. The summed E-state index contributed by atoms with van der Waals surface area (Å²) in [5.74, 6) is 0.122. The van der Waals surface area contributed by atoms with Crippen molar-refractivity contribution in [3.63, 3.8) is 0 Å². The molecule has 3 heteroatoms. The molecule has 0 saturated heterocycles. The van der Waals surface area contributed by atoms with E-state index in [1.165, 1.54) is 0 Å². The number of aliphatic carboxylic acids is 1. The molecular formula is C12H16O3. The van der Waals surface area contributed by atoms with Crippen LogP contribution in [0.3, 0.4) is 0 Å². The van der Waals surface area contributed by atoms with Crippen LogP contribution in [0.5, 0.6) is 5.75 Å². The van der Waals surface area contributed by atoms with Crippen LogP contribution in [0.4, 0.5) is 0 Å². The Morgan fingerprint density at radius 3 is 2.80 bits per heavy atom. The number of aryl methyl sites for hydroxylation is 2. The van der Waals surface area contributed by atoms with Crippen molar-refractivity contribution in [1.82, 2.24) is 0 Å². The molecule has 1 N–H and O–H groups in total. The van der Waals surface area contributed by atoms with Crippen LogP contribution in [0.25, 0.3) is 0 Å². The van der Waals surface area contributed by atoms with Gasteiger partial charge in [0.15, 0.2) is 0 Å². The molecule has 0 fully saturated rings. The van der Waals surface area contributed by atoms with Crippen molar-refractivity contribution in [3.05, 3.63) is 29.3 Å². The third kappa shape index (κ3) is 3.62. The van der Waals surface area contributed by atoms with Gasteiger partial charge in [0.25, 0.3) is 0 Å². The highest BCUT2D eigenvalue weighted by Gasteiger charge is 2.02. The van der Waals surface area contributed by atoms with E-state index in [4.69, 9.17) is 9.84 Å². The van der Waals surface area contributed by atoms with Gasteiger partial charge in [-0.1, -0.05) is 12.1 Å². The van der Waals surface area contributed by atoms with Gasteiger partial charge >= 0.3 is 5.97 Å². The van der Waals surface area contributed by atoms with Crippen molar-refractivity contribution in [3.8, 4) is 5.75 Å². The van der Waals surface area contributed by atoms with E-state index in [1.807, 2.05) is 25.1 Å². The van der Waals surface area contributed by atoms with Gasteiger partial charge in [-0.25, -0.2) is 0 Å². The van der Waals surface area contributed by atoms with Gasteiger partial charge in [-0.15, -0.1) is 0 Å². The second-order valence-electron chi connectivity index (χ2n) is 3.55. The lowest BCUT2D eigenvalue weighted by molar-refractivity contribution is -0.137. The second kappa shape index (κ2) is 5.39. The maximum Gasteiger partial charge on any atom is 0.303 e. The Morgan fingerprint density at radius 2 is 2.20 bits per heavy atom. The largest absolute Gasteiger partial charge is 0.496 e. The molecule has 0 spiro atoms. The quantitative estimate of drug-likeness (QED) is 0.808. The predicted molar refractivity (Wildman–Crippen MR) is 58.3 cm³/mol. The molecular weight excluding hydrogens is 192 g/mol. The summed E-state index contributed by atoms with van der Waals surface area (Å²) in [5.41, 5.74) is 2.22. The summed E-state index contributed by atoms with van der Waals surface area (Å²) in [6.45, 7) is 1.99. The normalized spacial score (nSPS) is 10.0. The van der Waals surface area contributed by atoms with Crippen molar-refractivity contribution in [2.24, 2.45) is 0 Å². The van der Waals surface area contributed by atoms with Crippen LogP contribution in [-0.4, -0.2) is 18.2 Å². The molecule has 0 aromatic heterocycles. The van der Waals surface area contributed by atoms with Crippen LogP contribution < -0.4 is 4.74 Å². The second-order valence-corrected chi connectivity index (χ2v) is 3.55. The molecule has 1 rings (SSSR count). The number of ether oxygens (including phenoxy) is 1. The minimum atomic E-state index is -0.742. The van der Waals surface area contributed by atoms with Gasteiger partial charge in [-0.2, -0.15) is 0 Å². The van der Waals surface area contributed by atoms with Crippen LogP contribution in [0.15, 0.2) is 18.2 Å². The predicted octanol–water partition coefficient (Wildman–Crippen LogP) is 2.41. The number of rotatable bonds is 5. The number of carboxylic acid groups (broad SMARTS) is 1. The van der Waals surface area contributed by atoms with E-state index in [2.05, 4.69) is 0 Å². The molecule has 0 unspecified atom stereocenters. The molecule has 0 aliphatic carbocycles. The van der Waals surface area contributed by atoms with Gasteiger partial charge in [-0.05, 0) is 37.0 Å². The Hall–Kier alpha value is -1.51. The van der Waals surface area contributed by atoms with Gasteiger partial charge in [-0.3, -0.25) is 4.79 Å². The SMILES string of the molecule is COc1cc(CCCC(=O)O)ccc1C. The zero-order valence-corrected chi connectivity index (χ0v) is 9.12. The van der Waals surface area contributed by atoms with Crippen LogP contribution in [0.1, 0.15) is 24.0 Å². The Balaban J connectivity index is 2.58. The van der Waals surface area contributed by atoms with Crippen LogP contribution >= 0.6 is 0 Å². The molecule has 0 radical (unpaired) electrons. The molecule has 15 heavy (non-hydrogen) atoms. The maximum absolute atomic E-state index is 10.3. The van der Waals surface area contributed by atoms with Crippen molar-refractivity contribution >= 4 is 5.97 Å². The fourth-order valence-corrected chi connectivity index (χ4v) is 1.46. The Morgan fingerprint density at radius 1 is 1.47 bits per heavy atom. The fraction of sp³-hybridized carbons (Fsp3) is 0.417. The smallest absolute Gasteiger partial charge is 0.303 e. The first-order valence-electron chi connectivity index (χ1n) is 4.99. The van der Waals surface area contributed by atoms with E-state index in [1.54, 1.807) is 7.11 Å². The molecule has 82 valence electrons. The van der Waals surface area contributed by atoms with E-state index >= 15 is 0 Å². The van der Waals surface area contributed by atoms with Gasteiger partial charge < -0.3 is 9.84 Å². The number of hydrogen-bond donors (Lipinski definition) is 1. The average molecular weight is 208 g/mol. The van der Waals surface area contributed by atoms with Crippen LogP contribution in [0.2, 0.25) is 0 Å². The van der Waals surface area contributed by atoms with Crippen molar-refractivity contribution in [2.45, 2.75) is 26.2 Å². The number of methoxy groups -OCH3 is 1. The summed E-state index contributed by atoms with van der Waals surface area (Å²) >= 11 is 0. The Kier molecular flexibility index (Phi) is 4.16. The summed E-state index contributed by atoms with van der Waals surface area (Å²) in [7, 11) is 1.64. The molecule has 0 atom stereocenters. The molecule has 0 aliphatic rings. The summed E-state index contributed by atoms with van der Waals surface area (Å²) < 4.78 is 5.20. The van der Waals surface area contributed by atoms with Crippen molar-refractivity contribution in [1.29, 1.82) is 0 Å². The summed E-state index contributed by atoms with van der Waals surface area (Å²) in [6.07, 6.45) is 1.67. The lowest BCUT2D eigenvalue weighted by atomic mass is 10.1. The Bertz CT molecular complexity index is 345. The van der Waals surface area contributed by atoms with Crippen molar-refractivity contribution < 1.29 is 14.6 Å². The Labute approximate surface area is 89.7 Å². The molecule has 0 aliphatic heterocycles. The first kappa shape index (κ1) is 11.6. The highest BCUT2D eigenvalue weighted by molar-refractivity contribution is 5.66. The fourth-order valence-electron chi connectivity index (χ4n) is 1.46. The van der Waals surface area contributed by atoms with Gasteiger partial charge in [0.2, 0.25) is 0 Å². The first-order chi connectivity index (χ1) is 7.13. The number of carbonyl (C=O) groups is 1. The standard InChI is InChI=1S/C12H16O3/c1-9-6-7-10(8-11(9)15-2)4-3-5-12(13)14/h6-8H,3-5H2,1-2H3,(H,13,14). The molecule has 0 bridgehead atoms. The van der Waals surface area contributed by atoms with Gasteiger partial charge in [0.1, 0.15) is 5.75 Å². The zero-order valence-electron chi connectivity index (χ0n) is 9.12. The van der Waals surface area contributed by atoms with Gasteiger partial charge in [0, 0.05) is 6.42 Å². The molecule has 0 saturated carbocycles. The van der Waals surface area contributed by atoms with Gasteiger partial charge in [0.05, 0.1) is 7.11 Å². The highest BCUT2D eigenvalue weighted by atomic mass is 16.5. The minimum absolute atomic E-state index is 0.218. The first-order valence-corrected chi connectivity index (χ1v) is 4.99. The maximum atomic E-state index is 10.3.